The molecule has 2 heteroatoms. The van der Waals surface area contributed by atoms with E-state index < -0.39 is 6.04 Å². The molecule has 1 nitrogen and oxygen atoms in total. The molecule has 0 atom stereocenters. The Kier molecular flexibility index (Phi) is 4.88. The summed E-state index contributed by atoms with van der Waals surface area (Å²) in [6.07, 6.45) is 0. The minimum absolute atomic E-state index is 0.196. The van der Waals surface area contributed by atoms with Gasteiger partial charge in [0.25, 0.3) is 0 Å². The molecule has 7 aromatic carbocycles. The zero-order valence-corrected chi connectivity index (χ0v) is 23.4. The molecule has 0 unspecified atom stereocenters. The van der Waals surface area contributed by atoms with Gasteiger partial charge in [0.2, 0.25) is 0 Å². The molecule has 1 heterocycles. The first-order chi connectivity index (χ1) is 22.9. The summed E-state index contributed by atoms with van der Waals surface area (Å²) in [5.74, 6) is 0. The van der Waals surface area contributed by atoms with E-state index in [0.29, 0.717) is 5.56 Å². The summed E-state index contributed by atoms with van der Waals surface area (Å²) in [6.45, 7) is 0. The molecule has 0 bridgehead atoms. The van der Waals surface area contributed by atoms with Crippen molar-refractivity contribution in [3.8, 4) is 22.3 Å². The Hall–Kier alpha value is -5.18. The lowest BCUT2D eigenvalue weighted by atomic mass is 9.99. The fourth-order valence-electron chi connectivity index (χ4n) is 5.65. The predicted octanol–water partition coefficient (Wildman–Crippen LogP) is 12.0. The molecule has 0 aliphatic carbocycles. The molecule has 0 saturated heterocycles. The summed E-state index contributed by atoms with van der Waals surface area (Å²) in [6, 6.07) is 44.5. The summed E-state index contributed by atoms with van der Waals surface area (Å²) in [4.78, 5) is 2.16. The fraction of sp³-hybridized carbons (Fsp3) is 0. The zero-order chi connectivity index (χ0) is 32.2. The van der Waals surface area contributed by atoms with E-state index in [4.69, 9.17) is 6.85 Å². The monoisotopic (exact) mass is 558 g/mol. The van der Waals surface area contributed by atoms with E-state index in [-0.39, 0.29) is 29.7 Å². The molecule has 0 spiro atoms. The van der Waals surface area contributed by atoms with Crippen LogP contribution in [0.5, 0.6) is 0 Å². The molecule has 0 N–H and O–H groups in total. The largest absolute Gasteiger partial charge is 0.310 e. The highest BCUT2D eigenvalue weighted by Crippen LogP contribution is 2.39. The summed E-state index contributed by atoms with van der Waals surface area (Å²) >= 11 is 1.83. The molecule has 8 aromatic rings. The van der Waals surface area contributed by atoms with Crippen molar-refractivity contribution in [3.63, 3.8) is 0 Å². The van der Waals surface area contributed by atoms with Crippen LogP contribution in [0.15, 0.2) is 164 Å². The number of para-hydroxylation sites is 1. The first-order valence-electron chi connectivity index (χ1n) is 16.4. The second-order valence-corrected chi connectivity index (χ2v) is 11.4. The van der Waals surface area contributed by atoms with Gasteiger partial charge in [-0.15, -0.1) is 11.3 Å². The Bertz CT molecular complexity index is 2440. The molecule has 8 rings (SSSR count). The van der Waals surface area contributed by atoms with E-state index in [1.807, 2.05) is 53.8 Å². The Morgan fingerprint density at radius 2 is 1.05 bits per heavy atom. The van der Waals surface area contributed by atoms with Gasteiger partial charge in [-0.2, -0.15) is 0 Å². The lowest BCUT2D eigenvalue weighted by Gasteiger charge is -2.26. The van der Waals surface area contributed by atoms with Crippen LogP contribution < -0.4 is 4.90 Å². The highest BCUT2D eigenvalue weighted by atomic mass is 32.1. The van der Waals surface area contributed by atoms with Crippen LogP contribution in [0.4, 0.5) is 17.1 Å². The Morgan fingerprint density at radius 1 is 0.429 bits per heavy atom. The van der Waals surface area contributed by atoms with Crippen LogP contribution in [0.3, 0.4) is 0 Å². The van der Waals surface area contributed by atoms with Crippen molar-refractivity contribution in [1.82, 2.24) is 0 Å². The van der Waals surface area contributed by atoms with E-state index >= 15 is 0 Å². The van der Waals surface area contributed by atoms with Crippen molar-refractivity contribution >= 4 is 59.3 Å². The number of rotatable bonds is 5. The van der Waals surface area contributed by atoms with Gasteiger partial charge in [0, 0.05) is 37.2 Å². The van der Waals surface area contributed by atoms with E-state index in [9.17, 15) is 0 Å². The van der Waals surface area contributed by atoms with Crippen molar-refractivity contribution in [2.45, 2.75) is 0 Å². The maximum atomic E-state index is 8.40. The number of benzene rings is 7. The van der Waals surface area contributed by atoms with Gasteiger partial charge in [-0.05, 0) is 93.7 Å². The van der Waals surface area contributed by atoms with Gasteiger partial charge in [-0.25, -0.2) is 0 Å². The van der Waals surface area contributed by atoms with Gasteiger partial charge in [-0.3, -0.25) is 0 Å². The topological polar surface area (TPSA) is 3.24 Å². The lowest BCUT2D eigenvalue weighted by Crippen LogP contribution is -2.09. The third kappa shape index (κ3) is 4.43. The molecule has 0 fully saturated rings. The molecule has 0 aliphatic rings. The molecule has 198 valence electrons. The average Bonchev–Trinajstić information content (AvgIpc) is 3.49. The van der Waals surface area contributed by atoms with Gasteiger partial charge in [0.1, 0.15) is 0 Å². The SMILES string of the molecule is [2H]c1c([2H])c([2H])c(-c2ccc(N(c3ccccc3)c3ccc4cc(-c5ccc6sc7ccccc7c6c5)ccc4c3)cc2)c([2H])c1[2H]. The summed E-state index contributed by atoms with van der Waals surface area (Å²) < 4.78 is 43.5. The molecule has 42 heavy (non-hydrogen) atoms. The van der Waals surface area contributed by atoms with Crippen molar-refractivity contribution in [1.29, 1.82) is 0 Å². The minimum atomic E-state index is -0.392. The summed E-state index contributed by atoms with van der Waals surface area (Å²) in [7, 11) is 0. The number of nitrogens with zero attached hydrogens (tertiary/aromatic N) is 1. The molecule has 1 aromatic heterocycles. The molecular weight excluding hydrogens is 527 g/mol. The minimum Gasteiger partial charge on any atom is -0.310 e. The van der Waals surface area contributed by atoms with Crippen LogP contribution in [-0.2, 0) is 0 Å². The van der Waals surface area contributed by atoms with E-state index in [0.717, 1.165) is 27.8 Å². The lowest BCUT2D eigenvalue weighted by molar-refractivity contribution is 1.29. The van der Waals surface area contributed by atoms with Crippen LogP contribution in [0, 0.1) is 0 Å². The second-order valence-electron chi connectivity index (χ2n) is 10.3. The Morgan fingerprint density at radius 3 is 1.90 bits per heavy atom. The molecule has 0 radical (unpaired) electrons. The smallest absolute Gasteiger partial charge is 0.0629 e. The quantitative estimate of drug-likeness (QED) is 0.203. The number of fused-ring (bicyclic) bond motifs is 4. The number of hydrogen-bond acceptors (Lipinski definition) is 2. The fourth-order valence-corrected chi connectivity index (χ4v) is 6.74. The second kappa shape index (κ2) is 10.3. The molecule has 0 saturated carbocycles. The third-order valence-corrected chi connectivity index (χ3v) is 8.87. The van der Waals surface area contributed by atoms with E-state index in [1.54, 1.807) is 0 Å². The van der Waals surface area contributed by atoms with Gasteiger partial charge >= 0.3 is 0 Å². The number of thiophene rings is 1. The predicted molar refractivity (Wildman–Crippen MR) is 182 cm³/mol. The Balaban J connectivity index is 1.18. The average molecular weight is 559 g/mol. The van der Waals surface area contributed by atoms with Crippen molar-refractivity contribution in [3.05, 3.63) is 164 Å². The van der Waals surface area contributed by atoms with Crippen LogP contribution in [0.2, 0.25) is 0 Å². The summed E-state index contributed by atoms with van der Waals surface area (Å²) in [5.41, 5.74) is 5.98. The van der Waals surface area contributed by atoms with Crippen LogP contribution in [0.1, 0.15) is 6.85 Å². The molecule has 0 aliphatic heterocycles. The zero-order valence-electron chi connectivity index (χ0n) is 27.6. The van der Waals surface area contributed by atoms with E-state index in [1.165, 1.54) is 31.3 Å². The normalized spacial score (nSPS) is 13.0. The van der Waals surface area contributed by atoms with Crippen molar-refractivity contribution in [2.24, 2.45) is 0 Å². The van der Waals surface area contributed by atoms with Crippen LogP contribution in [-0.4, -0.2) is 0 Å². The number of anilines is 3. The first kappa shape index (κ1) is 19.8. The van der Waals surface area contributed by atoms with Crippen LogP contribution in [0.25, 0.3) is 53.2 Å². The van der Waals surface area contributed by atoms with Gasteiger partial charge < -0.3 is 4.90 Å². The van der Waals surface area contributed by atoms with Gasteiger partial charge in [0.05, 0.1) is 6.85 Å². The van der Waals surface area contributed by atoms with Crippen molar-refractivity contribution in [2.75, 3.05) is 4.90 Å². The van der Waals surface area contributed by atoms with Gasteiger partial charge in [-0.1, -0.05) is 103 Å². The van der Waals surface area contributed by atoms with Crippen molar-refractivity contribution < 1.29 is 6.85 Å². The van der Waals surface area contributed by atoms with E-state index in [2.05, 4.69) is 95.9 Å². The highest BCUT2D eigenvalue weighted by Gasteiger charge is 2.14. The summed E-state index contributed by atoms with van der Waals surface area (Å²) in [5, 5.41) is 4.84. The number of hydrogen-bond donors (Lipinski definition) is 0. The molecular formula is C40H27NS. The first-order valence-corrected chi connectivity index (χ1v) is 14.7. The van der Waals surface area contributed by atoms with Gasteiger partial charge in [0.15, 0.2) is 0 Å². The maximum absolute atomic E-state index is 8.40. The van der Waals surface area contributed by atoms with Crippen LogP contribution >= 0.6 is 11.3 Å². The standard InChI is InChI=1S/C40H27NS/c1-3-9-28(10-4-1)29-17-21-35(22-18-29)41(34-11-5-2-6-12-34)36-23-19-31-25-30(15-16-32(31)26-36)33-20-24-40-38(27-33)37-13-7-8-14-39(37)42-40/h1-27H/i1D,3D,4D,9D,10D. The highest BCUT2D eigenvalue weighted by molar-refractivity contribution is 7.25. The Labute approximate surface area is 256 Å². The maximum Gasteiger partial charge on any atom is 0.0629 e. The molecule has 0 amide bonds. The third-order valence-electron chi connectivity index (χ3n) is 7.72.